The van der Waals surface area contributed by atoms with Crippen molar-refractivity contribution in [3.63, 3.8) is 0 Å². The average Bonchev–Trinajstić information content (AvgIpc) is 2.79. The van der Waals surface area contributed by atoms with Gasteiger partial charge in [0, 0.05) is 18.6 Å². The van der Waals surface area contributed by atoms with Gasteiger partial charge in [-0.25, -0.2) is 0 Å². The van der Waals surface area contributed by atoms with E-state index in [1.807, 2.05) is 12.1 Å². The van der Waals surface area contributed by atoms with E-state index in [0.717, 1.165) is 12.3 Å². The normalized spacial score (nSPS) is 12.4. The van der Waals surface area contributed by atoms with E-state index in [-0.39, 0.29) is 0 Å². The molecule has 3 rings (SSSR count). The molecule has 0 unspecified atom stereocenters. The lowest BCUT2D eigenvalue weighted by Crippen LogP contribution is -2.36. The number of rotatable bonds is 8. The van der Waals surface area contributed by atoms with Crippen LogP contribution in [0.4, 0.5) is 0 Å². The molecule has 3 aromatic carbocycles. The van der Waals surface area contributed by atoms with Crippen LogP contribution in [0.3, 0.4) is 0 Å². The fourth-order valence-electron chi connectivity index (χ4n) is 4.14. The van der Waals surface area contributed by atoms with E-state index in [1.54, 1.807) is 7.11 Å². The van der Waals surface area contributed by atoms with Crippen molar-refractivity contribution >= 4 is 11.1 Å². The van der Waals surface area contributed by atoms with Gasteiger partial charge in [-0.2, -0.15) is 0 Å². The van der Waals surface area contributed by atoms with Crippen LogP contribution < -0.4 is 4.74 Å². The van der Waals surface area contributed by atoms with Crippen LogP contribution in [0, 0.1) is 0 Å². The molecule has 0 aliphatic carbocycles. The Balaban J connectivity index is 2.02. The first-order chi connectivity index (χ1) is 14.9. The Hall–Kier alpha value is -2.84. The van der Waals surface area contributed by atoms with Gasteiger partial charge in [-0.3, -0.25) is 4.90 Å². The summed E-state index contributed by atoms with van der Waals surface area (Å²) in [5.41, 5.74) is 7.53. The predicted octanol–water partition coefficient (Wildman–Crippen LogP) is 7.29. The molecule has 3 aromatic rings. The van der Waals surface area contributed by atoms with Crippen molar-refractivity contribution in [3.05, 3.63) is 101 Å². The van der Waals surface area contributed by atoms with Crippen molar-refractivity contribution in [2.24, 2.45) is 0 Å². The van der Waals surface area contributed by atoms with Crippen molar-refractivity contribution in [1.29, 1.82) is 0 Å². The standard InChI is InChI=1S/C29H35NO/c1-21(2)30(22(3)4)20-24-12-14-26(15-13-24)29(23(5)25-10-8-7-9-11-25)27-16-18-28(31-6)19-17-27/h7-19,21-22H,20H2,1-6H3/b29-23-. The third kappa shape index (κ3) is 5.65. The summed E-state index contributed by atoms with van der Waals surface area (Å²) in [5, 5.41) is 0. The highest BCUT2D eigenvalue weighted by Gasteiger charge is 2.15. The lowest BCUT2D eigenvalue weighted by Gasteiger charge is -2.30. The Morgan fingerprint density at radius 3 is 1.71 bits per heavy atom. The average molecular weight is 414 g/mol. The largest absolute Gasteiger partial charge is 0.497 e. The maximum Gasteiger partial charge on any atom is 0.118 e. The Bertz CT molecular complexity index is 975. The van der Waals surface area contributed by atoms with E-state index in [9.17, 15) is 0 Å². The van der Waals surface area contributed by atoms with Gasteiger partial charge in [-0.15, -0.1) is 0 Å². The molecule has 0 atom stereocenters. The van der Waals surface area contributed by atoms with Gasteiger partial charge < -0.3 is 4.74 Å². The second-order valence-electron chi connectivity index (χ2n) is 8.65. The van der Waals surface area contributed by atoms with Crippen LogP contribution in [-0.4, -0.2) is 24.1 Å². The summed E-state index contributed by atoms with van der Waals surface area (Å²) in [6, 6.07) is 29.1. The minimum absolute atomic E-state index is 0.523. The first-order valence-corrected chi connectivity index (χ1v) is 11.2. The van der Waals surface area contributed by atoms with Crippen LogP contribution in [0.15, 0.2) is 78.9 Å². The fourth-order valence-corrected chi connectivity index (χ4v) is 4.14. The summed E-state index contributed by atoms with van der Waals surface area (Å²) >= 11 is 0. The monoisotopic (exact) mass is 413 g/mol. The first kappa shape index (κ1) is 22.8. The Kier molecular flexibility index (Phi) is 7.70. The minimum Gasteiger partial charge on any atom is -0.497 e. The summed E-state index contributed by atoms with van der Waals surface area (Å²) < 4.78 is 5.37. The molecular weight excluding hydrogens is 378 g/mol. The number of benzene rings is 3. The van der Waals surface area contributed by atoms with Crippen molar-refractivity contribution in [2.45, 2.75) is 53.2 Å². The highest BCUT2D eigenvalue weighted by atomic mass is 16.5. The molecule has 162 valence electrons. The zero-order valence-corrected chi connectivity index (χ0v) is 19.7. The second kappa shape index (κ2) is 10.5. The third-order valence-electron chi connectivity index (χ3n) is 5.89. The molecule has 2 nitrogen and oxygen atoms in total. The van der Waals surface area contributed by atoms with Gasteiger partial charge in [0.1, 0.15) is 5.75 Å². The molecule has 0 amide bonds. The molecule has 0 saturated heterocycles. The molecule has 0 aromatic heterocycles. The van der Waals surface area contributed by atoms with Crippen molar-refractivity contribution in [3.8, 4) is 5.75 Å². The van der Waals surface area contributed by atoms with Gasteiger partial charge in [0.25, 0.3) is 0 Å². The molecule has 31 heavy (non-hydrogen) atoms. The number of nitrogens with zero attached hydrogens (tertiary/aromatic N) is 1. The lowest BCUT2D eigenvalue weighted by atomic mass is 9.90. The molecule has 0 fully saturated rings. The third-order valence-corrected chi connectivity index (χ3v) is 5.89. The quantitative estimate of drug-likeness (QED) is 0.359. The van der Waals surface area contributed by atoms with Crippen molar-refractivity contribution in [1.82, 2.24) is 4.90 Å². The maximum atomic E-state index is 5.37. The highest BCUT2D eigenvalue weighted by molar-refractivity contribution is 5.97. The molecule has 0 aliphatic heterocycles. The van der Waals surface area contributed by atoms with Crippen LogP contribution >= 0.6 is 0 Å². The molecule has 0 spiro atoms. The van der Waals surface area contributed by atoms with Crippen molar-refractivity contribution in [2.75, 3.05) is 7.11 Å². The van der Waals surface area contributed by atoms with E-state index >= 15 is 0 Å². The van der Waals surface area contributed by atoms with Gasteiger partial charge in [0.15, 0.2) is 0 Å². The summed E-state index contributed by atoms with van der Waals surface area (Å²) in [6.07, 6.45) is 0. The topological polar surface area (TPSA) is 12.5 Å². The zero-order chi connectivity index (χ0) is 22.4. The lowest BCUT2D eigenvalue weighted by molar-refractivity contribution is 0.166. The number of ether oxygens (including phenoxy) is 1. The highest BCUT2D eigenvalue weighted by Crippen LogP contribution is 2.33. The van der Waals surface area contributed by atoms with Crippen LogP contribution in [0.1, 0.15) is 56.9 Å². The number of hydrogen-bond acceptors (Lipinski definition) is 2. The summed E-state index contributed by atoms with van der Waals surface area (Å²) in [4.78, 5) is 2.52. The van der Waals surface area contributed by atoms with Gasteiger partial charge in [-0.1, -0.05) is 66.7 Å². The maximum absolute atomic E-state index is 5.37. The molecule has 2 heteroatoms. The Morgan fingerprint density at radius 2 is 1.23 bits per heavy atom. The molecule has 0 radical (unpaired) electrons. The van der Waals surface area contributed by atoms with Gasteiger partial charge in [-0.05, 0) is 80.2 Å². The summed E-state index contributed by atoms with van der Waals surface area (Å²) in [7, 11) is 1.71. The Morgan fingerprint density at radius 1 is 0.710 bits per heavy atom. The van der Waals surface area contributed by atoms with E-state index < -0.39 is 0 Å². The number of hydrogen-bond donors (Lipinski definition) is 0. The minimum atomic E-state index is 0.523. The molecule has 0 N–H and O–H groups in total. The second-order valence-corrected chi connectivity index (χ2v) is 8.65. The summed E-state index contributed by atoms with van der Waals surface area (Å²) in [5.74, 6) is 0.873. The van der Waals surface area contributed by atoms with E-state index in [1.165, 1.54) is 33.4 Å². The van der Waals surface area contributed by atoms with Gasteiger partial charge >= 0.3 is 0 Å². The molecule has 0 saturated carbocycles. The number of allylic oxidation sites excluding steroid dienone is 1. The first-order valence-electron chi connectivity index (χ1n) is 11.2. The van der Waals surface area contributed by atoms with Crippen LogP contribution in [0.25, 0.3) is 11.1 Å². The van der Waals surface area contributed by atoms with Crippen LogP contribution in [0.5, 0.6) is 5.75 Å². The molecule has 0 aliphatic rings. The van der Waals surface area contributed by atoms with E-state index in [0.29, 0.717) is 12.1 Å². The molecular formula is C29H35NO. The van der Waals surface area contributed by atoms with E-state index in [4.69, 9.17) is 4.74 Å². The SMILES string of the molecule is COc1ccc(/C(=C(/C)c2ccccc2)c2ccc(CN(C(C)C)C(C)C)cc2)cc1. The van der Waals surface area contributed by atoms with Crippen molar-refractivity contribution < 1.29 is 4.74 Å². The molecule has 0 bridgehead atoms. The summed E-state index contributed by atoms with van der Waals surface area (Å²) in [6.45, 7) is 12.2. The molecule has 0 heterocycles. The smallest absolute Gasteiger partial charge is 0.118 e. The van der Waals surface area contributed by atoms with E-state index in [2.05, 4.69) is 106 Å². The van der Waals surface area contributed by atoms with Crippen LogP contribution in [-0.2, 0) is 6.54 Å². The van der Waals surface area contributed by atoms with Crippen LogP contribution in [0.2, 0.25) is 0 Å². The Labute approximate surface area is 188 Å². The fraction of sp³-hybridized carbons (Fsp3) is 0.310. The number of methoxy groups -OCH3 is 1. The van der Waals surface area contributed by atoms with Gasteiger partial charge in [0.2, 0.25) is 0 Å². The zero-order valence-electron chi connectivity index (χ0n) is 19.7. The predicted molar refractivity (Wildman–Crippen MR) is 133 cm³/mol. The van der Waals surface area contributed by atoms with Gasteiger partial charge in [0.05, 0.1) is 7.11 Å².